The van der Waals surface area contributed by atoms with Crippen molar-refractivity contribution in [2.75, 3.05) is 11.6 Å². The SMILES string of the molecule is Cc1cccc(N2CN(C3CCCCC3)Cn3c2nc(C)c(C)c3=O)c1C. The monoisotopic (exact) mass is 366 g/mol. The minimum Gasteiger partial charge on any atom is -0.298 e. The predicted octanol–water partition coefficient (Wildman–Crippen LogP) is 4.18. The van der Waals surface area contributed by atoms with Crippen molar-refractivity contribution in [2.24, 2.45) is 0 Å². The molecule has 4 rings (SSSR count). The van der Waals surface area contributed by atoms with Crippen LogP contribution >= 0.6 is 0 Å². The molecule has 1 fully saturated rings. The second-order valence-electron chi connectivity index (χ2n) is 8.17. The summed E-state index contributed by atoms with van der Waals surface area (Å²) < 4.78 is 1.88. The summed E-state index contributed by atoms with van der Waals surface area (Å²) in [5.41, 5.74) is 5.34. The fourth-order valence-electron chi connectivity index (χ4n) is 4.44. The number of rotatable bonds is 2. The summed E-state index contributed by atoms with van der Waals surface area (Å²) in [7, 11) is 0. The molecule has 0 spiro atoms. The van der Waals surface area contributed by atoms with Crippen LogP contribution in [0.5, 0.6) is 0 Å². The average molecular weight is 367 g/mol. The molecule has 0 bridgehead atoms. The first-order valence-corrected chi connectivity index (χ1v) is 10.1. The molecule has 2 aliphatic rings. The van der Waals surface area contributed by atoms with E-state index in [1.807, 2.05) is 18.4 Å². The minimum absolute atomic E-state index is 0.0910. The van der Waals surface area contributed by atoms with Crippen LogP contribution in [0.4, 0.5) is 11.6 Å². The Bertz CT molecular complexity index is 911. The highest BCUT2D eigenvalue weighted by atomic mass is 16.1. The van der Waals surface area contributed by atoms with Gasteiger partial charge in [-0.1, -0.05) is 31.4 Å². The summed E-state index contributed by atoms with van der Waals surface area (Å²) in [6, 6.07) is 6.94. The predicted molar refractivity (Wildman–Crippen MR) is 110 cm³/mol. The Labute approximate surface area is 161 Å². The summed E-state index contributed by atoms with van der Waals surface area (Å²) in [6.07, 6.45) is 6.36. The lowest BCUT2D eigenvalue weighted by Gasteiger charge is -2.43. The Hall–Kier alpha value is -2.14. The first-order valence-electron chi connectivity index (χ1n) is 10.1. The first kappa shape index (κ1) is 18.2. The topological polar surface area (TPSA) is 41.4 Å². The molecular formula is C22H30N4O. The van der Waals surface area contributed by atoms with Crippen LogP contribution in [0.2, 0.25) is 0 Å². The molecule has 1 aliphatic heterocycles. The van der Waals surface area contributed by atoms with E-state index in [0.717, 1.165) is 29.6 Å². The van der Waals surface area contributed by atoms with Gasteiger partial charge in [-0.15, -0.1) is 0 Å². The minimum atomic E-state index is 0.0910. The van der Waals surface area contributed by atoms with E-state index in [2.05, 4.69) is 41.8 Å². The molecule has 0 atom stereocenters. The molecule has 2 heterocycles. The Balaban J connectivity index is 1.84. The average Bonchev–Trinajstić information content (AvgIpc) is 2.69. The third kappa shape index (κ3) is 3.18. The van der Waals surface area contributed by atoms with E-state index < -0.39 is 0 Å². The third-order valence-corrected chi connectivity index (χ3v) is 6.46. The van der Waals surface area contributed by atoms with Crippen molar-refractivity contribution in [1.29, 1.82) is 0 Å². The maximum absolute atomic E-state index is 13.1. The Morgan fingerprint density at radius 3 is 2.44 bits per heavy atom. The number of benzene rings is 1. The van der Waals surface area contributed by atoms with Crippen LogP contribution < -0.4 is 10.5 Å². The number of aromatic nitrogens is 2. The molecule has 1 aromatic heterocycles. The molecule has 0 radical (unpaired) electrons. The molecule has 5 nitrogen and oxygen atoms in total. The van der Waals surface area contributed by atoms with Gasteiger partial charge in [0.2, 0.25) is 5.95 Å². The highest BCUT2D eigenvalue weighted by Crippen LogP contribution is 2.34. The molecule has 1 saturated carbocycles. The fourth-order valence-corrected chi connectivity index (χ4v) is 4.44. The maximum atomic E-state index is 13.1. The van der Waals surface area contributed by atoms with Gasteiger partial charge >= 0.3 is 0 Å². The van der Waals surface area contributed by atoms with Gasteiger partial charge in [0, 0.05) is 23.0 Å². The van der Waals surface area contributed by atoms with Gasteiger partial charge in [0.15, 0.2) is 0 Å². The fraction of sp³-hybridized carbons (Fsp3) is 0.545. The zero-order valence-corrected chi connectivity index (χ0v) is 17.0. The molecule has 144 valence electrons. The van der Waals surface area contributed by atoms with Crippen LogP contribution in [0.15, 0.2) is 23.0 Å². The standard InChI is InChI=1S/C22H30N4O/c1-15-9-8-12-20(16(15)2)25-13-24(19-10-6-5-7-11-19)14-26-21(27)17(3)18(4)23-22(25)26/h8-9,12,19H,5-7,10-11,13-14H2,1-4H3. The number of aryl methyl sites for hydroxylation is 2. The van der Waals surface area contributed by atoms with Crippen molar-refractivity contribution in [3.8, 4) is 0 Å². The Morgan fingerprint density at radius 1 is 0.963 bits per heavy atom. The number of fused-ring (bicyclic) bond motifs is 1. The highest BCUT2D eigenvalue weighted by Gasteiger charge is 2.32. The van der Waals surface area contributed by atoms with E-state index in [-0.39, 0.29) is 5.56 Å². The third-order valence-electron chi connectivity index (χ3n) is 6.46. The van der Waals surface area contributed by atoms with Crippen molar-refractivity contribution < 1.29 is 0 Å². The van der Waals surface area contributed by atoms with Gasteiger partial charge in [0.25, 0.3) is 5.56 Å². The quantitative estimate of drug-likeness (QED) is 0.800. The van der Waals surface area contributed by atoms with Crippen LogP contribution in [-0.4, -0.2) is 27.2 Å². The van der Waals surface area contributed by atoms with E-state index in [1.54, 1.807) is 0 Å². The zero-order valence-electron chi connectivity index (χ0n) is 17.0. The van der Waals surface area contributed by atoms with Gasteiger partial charge in [-0.3, -0.25) is 19.2 Å². The van der Waals surface area contributed by atoms with E-state index in [4.69, 9.17) is 4.98 Å². The lowest BCUT2D eigenvalue weighted by Crippen LogP contribution is -2.52. The van der Waals surface area contributed by atoms with Crippen LogP contribution in [0.1, 0.15) is 54.5 Å². The van der Waals surface area contributed by atoms with Crippen LogP contribution in [0, 0.1) is 27.7 Å². The van der Waals surface area contributed by atoms with E-state index in [1.165, 1.54) is 43.2 Å². The van der Waals surface area contributed by atoms with Crippen molar-refractivity contribution in [1.82, 2.24) is 14.5 Å². The Kier molecular flexibility index (Phi) is 4.81. The number of anilines is 2. The van der Waals surface area contributed by atoms with Gasteiger partial charge in [-0.05, 0) is 57.7 Å². The van der Waals surface area contributed by atoms with E-state index in [0.29, 0.717) is 12.7 Å². The summed E-state index contributed by atoms with van der Waals surface area (Å²) in [4.78, 5) is 22.6. The van der Waals surface area contributed by atoms with Gasteiger partial charge in [0.1, 0.15) is 0 Å². The van der Waals surface area contributed by atoms with Crippen molar-refractivity contribution >= 4 is 11.6 Å². The van der Waals surface area contributed by atoms with Crippen LogP contribution in [-0.2, 0) is 6.67 Å². The number of hydrogen-bond donors (Lipinski definition) is 0. The smallest absolute Gasteiger partial charge is 0.259 e. The normalized spacial score (nSPS) is 18.6. The lowest BCUT2D eigenvalue weighted by molar-refractivity contribution is 0.107. The molecule has 0 saturated heterocycles. The molecule has 5 heteroatoms. The molecule has 1 aromatic carbocycles. The van der Waals surface area contributed by atoms with E-state index in [9.17, 15) is 4.79 Å². The van der Waals surface area contributed by atoms with Gasteiger partial charge < -0.3 is 0 Å². The summed E-state index contributed by atoms with van der Waals surface area (Å²) in [5.74, 6) is 0.781. The number of nitrogens with zero attached hydrogens (tertiary/aromatic N) is 4. The van der Waals surface area contributed by atoms with Crippen LogP contribution in [0.25, 0.3) is 0 Å². The molecule has 0 amide bonds. The molecule has 1 aliphatic carbocycles. The van der Waals surface area contributed by atoms with Crippen molar-refractivity contribution in [2.45, 2.75) is 72.5 Å². The van der Waals surface area contributed by atoms with Crippen molar-refractivity contribution in [3.05, 3.63) is 50.9 Å². The second kappa shape index (κ2) is 7.12. The molecule has 0 N–H and O–H groups in total. The lowest BCUT2D eigenvalue weighted by atomic mass is 9.94. The molecule has 2 aromatic rings. The number of hydrogen-bond acceptors (Lipinski definition) is 4. The highest BCUT2D eigenvalue weighted by molar-refractivity contribution is 5.64. The van der Waals surface area contributed by atoms with Crippen LogP contribution in [0.3, 0.4) is 0 Å². The first-order chi connectivity index (χ1) is 13.0. The largest absolute Gasteiger partial charge is 0.298 e. The summed E-state index contributed by atoms with van der Waals surface area (Å²) >= 11 is 0. The van der Waals surface area contributed by atoms with E-state index >= 15 is 0 Å². The van der Waals surface area contributed by atoms with Crippen molar-refractivity contribution in [3.63, 3.8) is 0 Å². The maximum Gasteiger partial charge on any atom is 0.259 e. The second-order valence-corrected chi connectivity index (χ2v) is 8.17. The van der Waals surface area contributed by atoms with Gasteiger partial charge in [0.05, 0.1) is 13.3 Å². The molecule has 27 heavy (non-hydrogen) atoms. The zero-order chi connectivity index (χ0) is 19.1. The summed E-state index contributed by atoms with van der Waals surface area (Å²) in [5, 5.41) is 0. The summed E-state index contributed by atoms with van der Waals surface area (Å²) in [6.45, 7) is 9.57. The molecule has 0 unspecified atom stereocenters. The molecular weight excluding hydrogens is 336 g/mol. The van der Waals surface area contributed by atoms with Gasteiger partial charge in [-0.2, -0.15) is 0 Å². The van der Waals surface area contributed by atoms with Gasteiger partial charge in [-0.25, -0.2) is 4.98 Å². The Morgan fingerprint density at radius 2 is 1.70 bits per heavy atom.